The van der Waals surface area contributed by atoms with Crippen LogP contribution in [-0.2, 0) is 9.59 Å². The molecule has 0 saturated heterocycles. The van der Waals surface area contributed by atoms with Crippen molar-refractivity contribution in [1.29, 1.82) is 0 Å². The van der Waals surface area contributed by atoms with E-state index < -0.39 is 30.7 Å². The normalized spacial score (nSPS) is 14.1. The first-order valence-electron chi connectivity index (χ1n) is 8.01. The van der Waals surface area contributed by atoms with Crippen LogP contribution in [0.3, 0.4) is 0 Å². The lowest BCUT2D eigenvalue weighted by molar-refractivity contribution is -0.170. The van der Waals surface area contributed by atoms with E-state index in [2.05, 4.69) is 4.99 Å². The second kappa shape index (κ2) is 7.22. The maximum Gasteiger partial charge on any atom is 0.471 e. The van der Waals surface area contributed by atoms with Gasteiger partial charge in [0.15, 0.2) is 0 Å². The maximum atomic E-state index is 13.0. The summed E-state index contributed by atoms with van der Waals surface area (Å²) in [5.74, 6) is -4.39. The number of hydrogen-bond acceptors (Lipinski definition) is 3. The summed E-state index contributed by atoms with van der Waals surface area (Å²) >= 11 is 0. The number of amides is 2. The monoisotopic (exact) mass is 415 g/mol. The van der Waals surface area contributed by atoms with Gasteiger partial charge in [-0.15, -0.1) is 0 Å². The Morgan fingerprint density at radius 1 is 0.897 bits per heavy atom. The van der Waals surface area contributed by atoms with Gasteiger partial charge in [-0.25, -0.2) is 4.99 Å². The highest BCUT2D eigenvalue weighted by molar-refractivity contribution is 6.17. The van der Waals surface area contributed by atoms with Gasteiger partial charge in [0.1, 0.15) is 0 Å². The molecule has 29 heavy (non-hydrogen) atoms. The lowest BCUT2D eigenvalue weighted by Crippen LogP contribution is -2.45. The Hall–Kier alpha value is -3.37. The average molecular weight is 415 g/mol. The smallest absolute Gasteiger partial charge is 0.318 e. The zero-order valence-corrected chi connectivity index (χ0v) is 14.3. The molecule has 152 valence electrons. The number of para-hydroxylation sites is 3. The number of nitrogens with zero attached hydrogens (tertiary/aromatic N) is 2. The van der Waals surface area contributed by atoms with Gasteiger partial charge >= 0.3 is 24.2 Å². The maximum absolute atomic E-state index is 13.0. The van der Waals surface area contributed by atoms with Crippen molar-refractivity contribution < 1.29 is 35.9 Å². The highest BCUT2D eigenvalue weighted by Crippen LogP contribution is 2.36. The molecule has 11 heteroatoms. The van der Waals surface area contributed by atoms with Gasteiger partial charge in [0.25, 0.3) is 0 Å². The molecular weight excluding hydrogens is 404 g/mol. The number of halogens is 6. The third kappa shape index (κ3) is 4.23. The molecule has 0 bridgehead atoms. The molecular formula is C18H11F6N3O2. The van der Waals surface area contributed by atoms with Crippen molar-refractivity contribution in [2.24, 2.45) is 4.99 Å². The fraction of sp³-hybridized carbons (Fsp3) is 0.167. The van der Waals surface area contributed by atoms with Gasteiger partial charge < -0.3 is 5.32 Å². The van der Waals surface area contributed by atoms with Crippen LogP contribution in [-0.4, -0.2) is 36.4 Å². The molecule has 0 aliphatic carbocycles. The molecule has 2 aromatic carbocycles. The standard InChI is InChI=1S/C18H11F6N3O2/c19-17(20,21)15(28)26-11-6-2-1-5-10(11)13-9-27(16(29)18(22,23)24)14-8-4-3-7-12(14)25-13/h1-8H,9H2,(H,26,28). The lowest BCUT2D eigenvalue weighted by Gasteiger charge is -2.30. The molecule has 1 aliphatic heterocycles. The van der Waals surface area contributed by atoms with E-state index in [0.717, 1.165) is 6.07 Å². The van der Waals surface area contributed by atoms with Crippen LogP contribution in [0.25, 0.3) is 0 Å². The first kappa shape index (κ1) is 20.4. The van der Waals surface area contributed by atoms with E-state index in [4.69, 9.17) is 0 Å². The van der Waals surface area contributed by atoms with Crippen LogP contribution in [0.2, 0.25) is 0 Å². The molecule has 0 saturated carbocycles. The Kier molecular flexibility index (Phi) is 5.07. The van der Waals surface area contributed by atoms with E-state index in [1.54, 1.807) is 5.32 Å². The minimum Gasteiger partial charge on any atom is -0.318 e. The van der Waals surface area contributed by atoms with Crippen LogP contribution in [0.4, 0.5) is 43.4 Å². The minimum absolute atomic E-state index is 0.0308. The van der Waals surface area contributed by atoms with Crippen molar-refractivity contribution in [3.05, 3.63) is 54.1 Å². The topological polar surface area (TPSA) is 61.8 Å². The van der Waals surface area contributed by atoms with Gasteiger partial charge in [-0.05, 0) is 18.2 Å². The van der Waals surface area contributed by atoms with Crippen LogP contribution in [0.1, 0.15) is 5.56 Å². The number of carbonyl (C=O) groups excluding carboxylic acids is 2. The Morgan fingerprint density at radius 2 is 1.52 bits per heavy atom. The summed E-state index contributed by atoms with van der Waals surface area (Å²) in [5.41, 5.74) is -0.509. The molecule has 2 aromatic rings. The number of hydrogen-bond donors (Lipinski definition) is 1. The van der Waals surface area contributed by atoms with Gasteiger partial charge in [0.2, 0.25) is 0 Å². The van der Waals surface area contributed by atoms with E-state index in [0.29, 0.717) is 4.90 Å². The van der Waals surface area contributed by atoms with Crippen molar-refractivity contribution in [3.63, 3.8) is 0 Å². The highest BCUT2D eigenvalue weighted by Gasteiger charge is 2.45. The molecule has 1 aliphatic rings. The van der Waals surface area contributed by atoms with E-state index in [9.17, 15) is 35.9 Å². The van der Waals surface area contributed by atoms with E-state index in [1.807, 2.05) is 0 Å². The van der Waals surface area contributed by atoms with Gasteiger partial charge in [-0.1, -0.05) is 30.3 Å². The summed E-state index contributed by atoms with van der Waals surface area (Å²) in [6.45, 7) is -0.645. The number of alkyl halides is 6. The minimum atomic E-state index is -5.17. The summed E-state index contributed by atoms with van der Waals surface area (Å²) in [7, 11) is 0. The van der Waals surface area contributed by atoms with Crippen LogP contribution >= 0.6 is 0 Å². The summed E-state index contributed by atoms with van der Waals surface area (Å²) in [5, 5.41) is 1.68. The fourth-order valence-electron chi connectivity index (χ4n) is 2.72. The van der Waals surface area contributed by atoms with Crippen molar-refractivity contribution in [2.75, 3.05) is 16.8 Å². The van der Waals surface area contributed by atoms with E-state index >= 15 is 0 Å². The van der Waals surface area contributed by atoms with Gasteiger partial charge in [0, 0.05) is 5.56 Å². The van der Waals surface area contributed by atoms with Gasteiger partial charge in [-0.3, -0.25) is 14.5 Å². The number of anilines is 2. The number of fused-ring (bicyclic) bond motifs is 1. The van der Waals surface area contributed by atoms with Crippen LogP contribution in [0.5, 0.6) is 0 Å². The summed E-state index contributed by atoms with van der Waals surface area (Å²) in [6.07, 6.45) is -10.3. The SMILES string of the molecule is O=C(Nc1ccccc1C1=Nc2ccccc2N(C(=O)C(F)(F)F)C1)C(F)(F)F. The Labute approximate surface area is 159 Å². The van der Waals surface area contributed by atoms with E-state index in [-0.39, 0.29) is 28.3 Å². The molecule has 0 fully saturated rings. The molecule has 0 aromatic heterocycles. The van der Waals surface area contributed by atoms with Crippen LogP contribution < -0.4 is 10.2 Å². The molecule has 1 heterocycles. The van der Waals surface area contributed by atoms with Crippen molar-refractivity contribution in [1.82, 2.24) is 0 Å². The highest BCUT2D eigenvalue weighted by atomic mass is 19.4. The molecule has 0 spiro atoms. The molecule has 1 N–H and O–H groups in total. The zero-order chi connectivity index (χ0) is 21.4. The second-order valence-electron chi connectivity index (χ2n) is 5.93. The van der Waals surface area contributed by atoms with Gasteiger partial charge in [0.05, 0.1) is 29.3 Å². The molecule has 3 rings (SSSR count). The molecule has 0 unspecified atom stereocenters. The largest absolute Gasteiger partial charge is 0.471 e. The molecule has 0 atom stereocenters. The van der Waals surface area contributed by atoms with Gasteiger partial charge in [-0.2, -0.15) is 26.3 Å². The predicted molar refractivity (Wildman–Crippen MR) is 92.2 cm³/mol. The number of carbonyl (C=O) groups is 2. The Morgan fingerprint density at radius 3 is 2.17 bits per heavy atom. The fourth-order valence-corrected chi connectivity index (χ4v) is 2.72. The van der Waals surface area contributed by atoms with Crippen molar-refractivity contribution in [2.45, 2.75) is 12.4 Å². The third-order valence-electron chi connectivity index (χ3n) is 3.97. The number of benzene rings is 2. The van der Waals surface area contributed by atoms with Crippen LogP contribution in [0, 0.1) is 0 Å². The van der Waals surface area contributed by atoms with E-state index in [1.165, 1.54) is 42.5 Å². The predicted octanol–water partition coefficient (Wildman–Crippen LogP) is 4.22. The Balaban J connectivity index is 2.06. The third-order valence-corrected chi connectivity index (χ3v) is 3.97. The molecule has 5 nitrogen and oxygen atoms in total. The zero-order valence-electron chi connectivity index (χ0n) is 14.3. The number of nitrogens with one attached hydrogen (secondary N) is 1. The number of rotatable bonds is 2. The second-order valence-corrected chi connectivity index (χ2v) is 5.93. The Bertz CT molecular complexity index is 998. The first-order chi connectivity index (χ1) is 13.5. The van der Waals surface area contributed by atoms with Crippen molar-refractivity contribution >= 4 is 34.6 Å². The molecule has 2 amide bonds. The lowest BCUT2D eigenvalue weighted by atomic mass is 10.0. The van der Waals surface area contributed by atoms with Crippen molar-refractivity contribution in [3.8, 4) is 0 Å². The molecule has 0 radical (unpaired) electrons. The summed E-state index contributed by atoms with van der Waals surface area (Å²) in [6, 6.07) is 10.7. The quantitative estimate of drug-likeness (QED) is 0.747. The number of aliphatic imine (C=N–C) groups is 1. The average Bonchev–Trinajstić information content (AvgIpc) is 2.65. The summed E-state index contributed by atoms with van der Waals surface area (Å²) in [4.78, 5) is 27.8. The summed E-state index contributed by atoms with van der Waals surface area (Å²) < 4.78 is 76.8. The first-order valence-corrected chi connectivity index (χ1v) is 8.01. The van der Waals surface area contributed by atoms with Crippen LogP contribution in [0.15, 0.2) is 53.5 Å².